The number of nitrogens with one attached hydrogen (secondary N) is 1. The van der Waals surface area contributed by atoms with Crippen molar-refractivity contribution < 1.29 is 0 Å². The summed E-state index contributed by atoms with van der Waals surface area (Å²) in [6.07, 6.45) is 3.10. The molecule has 3 rings (SSSR count). The SMILES string of the molecule is CCc1nc(C2(c3ccccc3)CC2)nc(NN)c1C. The number of rotatable bonds is 4. The third-order valence-electron chi connectivity index (χ3n) is 4.22. The van der Waals surface area contributed by atoms with Gasteiger partial charge in [-0.25, -0.2) is 15.8 Å². The number of nitrogen functional groups attached to an aromatic ring is 1. The number of hydrogen-bond donors (Lipinski definition) is 2. The van der Waals surface area contributed by atoms with E-state index >= 15 is 0 Å². The van der Waals surface area contributed by atoms with E-state index in [0.29, 0.717) is 0 Å². The molecule has 1 saturated carbocycles. The summed E-state index contributed by atoms with van der Waals surface area (Å²) in [5.41, 5.74) is 6.12. The fraction of sp³-hybridized carbons (Fsp3) is 0.375. The van der Waals surface area contributed by atoms with Crippen molar-refractivity contribution in [3.63, 3.8) is 0 Å². The second-order valence-electron chi connectivity index (χ2n) is 5.41. The van der Waals surface area contributed by atoms with Crippen LogP contribution in [0.5, 0.6) is 0 Å². The largest absolute Gasteiger partial charge is 0.308 e. The van der Waals surface area contributed by atoms with E-state index in [1.807, 2.05) is 13.0 Å². The molecule has 4 heteroatoms. The standard InChI is InChI=1S/C16H20N4/c1-3-13-11(2)14(20-17)19-15(18-13)16(9-10-16)12-7-5-4-6-8-12/h4-8H,3,9-10,17H2,1-2H3,(H,18,19,20). The zero-order chi connectivity index (χ0) is 14.2. The van der Waals surface area contributed by atoms with Crippen LogP contribution in [-0.4, -0.2) is 9.97 Å². The number of hydrogen-bond acceptors (Lipinski definition) is 4. The lowest BCUT2D eigenvalue weighted by molar-refractivity contribution is 0.737. The van der Waals surface area contributed by atoms with Gasteiger partial charge in [0, 0.05) is 11.3 Å². The molecule has 104 valence electrons. The normalized spacial score (nSPS) is 15.9. The minimum atomic E-state index is -0.00944. The van der Waals surface area contributed by atoms with Gasteiger partial charge in [0.25, 0.3) is 0 Å². The van der Waals surface area contributed by atoms with Crippen LogP contribution in [0.15, 0.2) is 30.3 Å². The Morgan fingerprint density at radius 2 is 1.90 bits per heavy atom. The van der Waals surface area contributed by atoms with Gasteiger partial charge in [0.2, 0.25) is 0 Å². The number of anilines is 1. The molecule has 0 unspecified atom stereocenters. The van der Waals surface area contributed by atoms with E-state index in [2.05, 4.69) is 41.6 Å². The predicted octanol–water partition coefficient (Wildman–Crippen LogP) is 2.71. The molecule has 2 aromatic rings. The van der Waals surface area contributed by atoms with Gasteiger partial charge in [-0.1, -0.05) is 37.3 Å². The van der Waals surface area contributed by atoms with E-state index in [-0.39, 0.29) is 5.41 Å². The Morgan fingerprint density at radius 3 is 2.45 bits per heavy atom. The first-order valence-corrected chi connectivity index (χ1v) is 7.11. The van der Waals surface area contributed by atoms with Crippen molar-refractivity contribution in [2.75, 3.05) is 5.43 Å². The van der Waals surface area contributed by atoms with Gasteiger partial charge in [0.1, 0.15) is 11.6 Å². The molecule has 4 nitrogen and oxygen atoms in total. The summed E-state index contributed by atoms with van der Waals surface area (Å²) in [4.78, 5) is 9.47. The van der Waals surface area contributed by atoms with E-state index in [1.54, 1.807) is 0 Å². The van der Waals surface area contributed by atoms with Crippen molar-refractivity contribution in [3.8, 4) is 0 Å². The highest BCUT2D eigenvalue weighted by Crippen LogP contribution is 2.52. The lowest BCUT2D eigenvalue weighted by Gasteiger charge is -2.18. The molecule has 1 fully saturated rings. The van der Waals surface area contributed by atoms with E-state index in [9.17, 15) is 0 Å². The number of aromatic nitrogens is 2. The fourth-order valence-electron chi connectivity index (χ4n) is 2.79. The Bertz CT molecular complexity index is 593. The zero-order valence-electron chi connectivity index (χ0n) is 12.0. The molecular weight excluding hydrogens is 248 g/mol. The molecular formula is C16H20N4. The molecule has 1 aromatic carbocycles. The number of aryl methyl sites for hydroxylation is 1. The minimum absolute atomic E-state index is 0.00944. The van der Waals surface area contributed by atoms with E-state index in [0.717, 1.165) is 42.2 Å². The number of hydrazine groups is 1. The third-order valence-corrected chi connectivity index (χ3v) is 4.22. The third kappa shape index (κ3) is 1.96. The summed E-state index contributed by atoms with van der Waals surface area (Å²) in [7, 11) is 0. The smallest absolute Gasteiger partial charge is 0.146 e. The first kappa shape index (κ1) is 13.1. The predicted molar refractivity (Wildman–Crippen MR) is 80.4 cm³/mol. The fourth-order valence-corrected chi connectivity index (χ4v) is 2.79. The molecule has 0 aliphatic heterocycles. The van der Waals surface area contributed by atoms with Gasteiger partial charge in [-0.2, -0.15) is 0 Å². The number of nitrogens with two attached hydrogens (primary N) is 1. The molecule has 0 amide bonds. The van der Waals surface area contributed by atoms with Crippen molar-refractivity contribution in [2.24, 2.45) is 5.84 Å². The highest BCUT2D eigenvalue weighted by molar-refractivity contribution is 5.48. The van der Waals surface area contributed by atoms with Crippen molar-refractivity contribution in [1.29, 1.82) is 0 Å². The van der Waals surface area contributed by atoms with E-state index in [4.69, 9.17) is 10.8 Å². The monoisotopic (exact) mass is 268 g/mol. The Hall–Kier alpha value is -1.94. The van der Waals surface area contributed by atoms with Crippen LogP contribution in [0.4, 0.5) is 5.82 Å². The molecule has 0 radical (unpaired) electrons. The summed E-state index contributed by atoms with van der Waals surface area (Å²) < 4.78 is 0. The molecule has 0 saturated heterocycles. The molecule has 1 aliphatic rings. The van der Waals surface area contributed by atoms with Crippen LogP contribution in [0.2, 0.25) is 0 Å². The second kappa shape index (κ2) is 4.87. The molecule has 1 heterocycles. The zero-order valence-corrected chi connectivity index (χ0v) is 12.0. The van der Waals surface area contributed by atoms with Crippen LogP contribution < -0.4 is 11.3 Å². The Morgan fingerprint density at radius 1 is 1.20 bits per heavy atom. The van der Waals surface area contributed by atoms with E-state index in [1.165, 1.54) is 5.56 Å². The van der Waals surface area contributed by atoms with Gasteiger partial charge in [0.05, 0.1) is 5.41 Å². The molecule has 0 bridgehead atoms. The Balaban J connectivity index is 2.11. The van der Waals surface area contributed by atoms with Crippen molar-refractivity contribution in [3.05, 3.63) is 53.0 Å². The van der Waals surface area contributed by atoms with Crippen LogP contribution in [0.25, 0.3) is 0 Å². The Labute approximate surface area is 119 Å². The van der Waals surface area contributed by atoms with Crippen molar-refractivity contribution in [1.82, 2.24) is 9.97 Å². The van der Waals surface area contributed by atoms with Crippen molar-refractivity contribution in [2.45, 2.75) is 38.5 Å². The summed E-state index contributed by atoms with van der Waals surface area (Å²) in [6.45, 7) is 4.13. The molecule has 20 heavy (non-hydrogen) atoms. The highest BCUT2D eigenvalue weighted by atomic mass is 15.3. The summed E-state index contributed by atoms with van der Waals surface area (Å²) >= 11 is 0. The maximum absolute atomic E-state index is 5.61. The van der Waals surface area contributed by atoms with Crippen LogP contribution in [0.3, 0.4) is 0 Å². The maximum Gasteiger partial charge on any atom is 0.146 e. The van der Waals surface area contributed by atoms with Crippen LogP contribution in [0, 0.1) is 6.92 Å². The highest BCUT2D eigenvalue weighted by Gasteiger charge is 2.48. The van der Waals surface area contributed by atoms with Crippen LogP contribution in [-0.2, 0) is 11.8 Å². The number of nitrogens with zero attached hydrogens (tertiary/aromatic N) is 2. The van der Waals surface area contributed by atoms with Gasteiger partial charge in [-0.15, -0.1) is 0 Å². The average Bonchev–Trinajstić information content (AvgIpc) is 3.30. The van der Waals surface area contributed by atoms with Gasteiger partial charge in [-0.05, 0) is 31.7 Å². The van der Waals surface area contributed by atoms with Gasteiger partial charge >= 0.3 is 0 Å². The van der Waals surface area contributed by atoms with Crippen LogP contribution in [0.1, 0.15) is 42.4 Å². The lowest BCUT2D eigenvalue weighted by atomic mass is 9.94. The van der Waals surface area contributed by atoms with E-state index < -0.39 is 0 Å². The Kier molecular flexibility index (Phi) is 3.18. The van der Waals surface area contributed by atoms with Gasteiger partial charge in [0.15, 0.2) is 0 Å². The molecule has 0 atom stereocenters. The van der Waals surface area contributed by atoms with Gasteiger partial charge in [-0.3, -0.25) is 0 Å². The van der Waals surface area contributed by atoms with Gasteiger partial charge < -0.3 is 5.43 Å². The second-order valence-corrected chi connectivity index (χ2v) is 5.41. The topological polar surface area (TPSA) is 63.8 Å². The number of benzene rings is 1. The first-order chi connectivity index (χ1) is 9.71. The average molecular weight is 268 g/mol. The summed E-state index contributed by atoms with van der Waals surface area (Å²) in [5, 5.41) is 0. The van der Waals surface area contributed by atoms with Crippen LogP contribution >= 0.6 is 0 Å². The quantitative estimate of drug-likeness (QED) is 0.661. The molecule has 1 aromatic heterocycles. The summed E-state index contributed by atoms with van der Waals surface area (Å²) in [5.74, 6) is 7.25. The molecule has 0 spiro atoms. The van der Waals surface area contributed by atoms with Crippen molar-refractivity contribution >= 4 is 5.82 Å². The minimum Gasteiger partial charge on any atom is -0.308 e. The summed E-state index contributed by atoms with van der Waals surface area (Å²) in [6, 6.07) is 10.5. The molecule has 1 aliphatic carbocycles. The lowest BCUT2D eigenvalue weighted by Crippen LogP contribution is -2.19. The molecule has 3 N–H and O–H groups in total. The first-order valence-electron chi connectivity index (χ1n) is 7.11. The maximum atomic E-state index is 5.61.